The number of amides is 2. The lowest BCUT2D eigenvalue weighted by molar-refractivity contribution is 0.243. The summed E-state index contributed by atoms with van der Waals surface area (Å²) in [6.45, 7) is 8.44. The molecule has 2 aromatic carbocycles. The van der Waals surface area contributed by atoms with Gasteiger partial charge in [-0.05, 0) is 55.9 Å². The zero-order valence-corrected chi connectivity index (χ0v) is 23.3. The fraction of sp³-hybridized carbons (Fsp3) is 0.370. The van der Waals surface area contributed by atoms with Crippen LogP contribution in [0.25, 0.3) is 10.9 Å². The molecule has 0 bridgehead atoms. The minimum absolute atomic E-state index is 0.197. The van der Waals surface area contributed by atoms with Gasteiger partial charge in [-0.15, -0.1) is 0 Å². The lowest BCUT2D eigenvalue weighted by Gasteiger charge is -2.18. The molecule has 2 amide bonds. The van der Waals surface area contributed by atoms with Crippen molar-refractivity contribution in [2.75, 3.05) is 45.2 Å². The summed E-state index contributed by atoms with van der Waals surface area (Å²) >= 11 is 3.02. The number of ether oxygens (including phenoxy) is 2. The Labute approximate surface area is 230 Å². The molecule has 1 aromatic heterocycles. The van der Waals surface area contributed by atoms with Gasteiger partial charge in [-0.3, -0.25) is 9.98 Å². The Morgan fingerprint density at radius 1 is 1.18 bits per heavy atom. The Balaban J connectivity index is 1.35. The second-order valence-electron chi connectivity index (χ2n) is 8.48. The van der Waals surface area contributed by atoms with Crippen molar-refractivity contribution in [1.82, 2.24) is 15.2 Å². The Morgan fingerprint density at radius 2 is 1.97 bits per heavy atom. The summed E-state index contributed by atoms with van der Waals surface area (Å²) in [5.41, 5.74) is 1.33. The first-order chi connectivity index (χ1) is 18.5. The molecule has 202 valence electrons. The van der Waals surface area contributed by atoms with Crippen LogP contribution >= 0.6 is 23.5 Å². The fourth-order valence-corrected chi connectivity index (χ4v) is 6.17. The van der Waals surface area contributed by atoms with Gasteiger partial charge in [0.1, 0.15) is 15.6 Å². The van der Waals surface area contributed by atoms with Gasteiger partial charge in [-0.25, -0.2) is 9.18 Å². The van der Waals surface area contributed by atoms with E-state index in [4.69, 9.17) is 9.47 Å². The number of methoxy groups -OCH3 is 1. The molecule has 0 fully saturated rings. The number of nitrogens with one attached hydrogen (secondary N) is 2. The number of hydrogen-bond acceptors (Lipinski definition) is 8. The Kier molecular flexibility index (Phi) is 10.1. The van der Waals surface area contributed by atoms with Gasteiger partial charge in [0, 0.05) is 34.8 Å². The van der Waals surface area contributed by atoms with Gasteiger partial charge in [-0.1, -0.05) is 37.4 Å². The first-order valence-electron chi connectivity index (χ1n) is 12.5. The van der Waals surface area contributed by atoms with E-state index >= 15 is 0 Å². The third kappa shape index (κ3) is 7.52. The molecule has 2 N–H and O–H groups in total. The summed E-state index contributed by atoms with van der Waals surface area (Å²) in [7, 11) is 1.64. The van der Waals surface area contributed by atoms with Crippen molar-refractivity contribution in [3.05, 3.63) is 54.5 Å². The molecular weight excluding hydrogens is 525 g/mol. The van der Waals surface area contributed by atoms with Crippen molar-refractivity contribution in [2.45, 2.75) is 30.5 Å². The highest BCUT2D eigenvalue weighted by atomic mass is 32.2. The van der Waals surface area contributed by atoms with Crippen LogP contribution in [0, 0.1) is 5.82 Å². The quantitative estimate of drug-likeness (QED) is 0.287. The van der Waals surface area contributed by atoms with Crippen LogP contribution in [-0.4, -0.2) is 65.6 Å². The van der Waals surface area contributed by atoms with Crippen LogP contribution in [0.1, 0.15) is 20.3 Å². The maximum absolute atomic E-state index is 13.1. The molecule has 8 nitrogen and oxygen atoms in total. The number of fused-ring (bicyclic) bond motifs is 1. The SMILES string of the molecule is CCN(CC)CCCOc1cc2nccc(SC3=NCC(NC(=O)Nc4ccc(F)cc4)S3)c2cc1OC. The molecule has 1 aliphatic rings. The molecule has 38 heavy (non-hydrogen) atoms. The number of carbonyl (C=O) groups is 1. The van der Waals surface area contributed by atoms with Gasteiger partial charge in [0.25, 0.3) is 0 Å². The summed E-state index contributed by atoms with van der Waals surface area (Å²) in [5, 5.41) is 6.35. The number of urea groups is 1. The number of aromatic nitrogens is 1. The minimum atomic E-state index is -0.362. The van der Waals surface area contributed by atoms with Crippen LogP contribution < -0.4 is 20.1 Å². The number of benzene rings is 2. The first kappa shape index (κ1) is 28.0. The van der Waals surface area contributed by atoms with Crippen LogP contribution in [0.2, 0.25) is 0 Å². The number of nitrogens with zero attached hydrogens (tertiary/aromatic N) is 3. The van der Waals surface area contributed by atoms with Gasteiger partial charge < -0.3 is 25.0 Å². The van der Waals surface area contributed by atoms with Crippen LogP contribution in [0.15, 0.2) is 58.5 Å². The predicted octanol–water partition coefficient (Wildman–Crippen LogP) is 5.84. The number of pyridine rings is 1. The number of rotatable bonds is 11. The number of thioether (sulfide) groups is 2. The second-order valence-corrected chi connectivity index (χ2v) is 11.0. The Hall–Kier alpha value is -3.02. The highest BCUT2D eigenvalue weighted by molar-refractivity contribution is 8.39. The van der Waals surface area contributed by atoms with Gasteiger partial charge in [0.15, 0.2) is 11.5 Å². The van der Waals surface area contributed by atoms with Crippen LogP contribution in [0.4, 0.5) is 14.9 Å². The molecule has 1 aliphatic heterocycles. The van der Waals surface area contributed by atoms with Crippen molar-refractivity contribution in [3.63, 3.8) is 0 Å². The summed E-state index contributed by atoms with van der Waals surface area (Å²) in [6.07, 6.45) is 2.70. The third-order valence-electron chi connectivity index (χ3n) is 5.98. The van der Waals surface area contributed by atoms with Crippen LogP contribution in [-0.2, 0) is 0 Å². The molecule has 1 unspecified atom stereocenters. The number of anilines is 1. The zero-order valence-electron chi connectivity index (χ0n) is 21.7. The lowest BCUT2D eigenvalue weighted by Crippen LogP contribution is -2.36. The van der Waals surface area contributed by atoms with E-state index in [-0.39, 0.29) is 17.2 Å². The van der Waals surface area contributed by atoms with E-state index < -0.39 is 0 Å². The van der Waals surface area contributed by atoms with Crippen molar-refractivity contribution >= 4 is 50.5 Å². The van der Waals surface area contributed by atoms with Gasteiger partial charge in [0.05, 0.1) is 25.8 Å². The molecule has 0 saturated heterocycles. The van der Waals surface area contributed by atoms with Crippen LogP contribution in [0.5, 0.6) is 11.5 Å². The average Bonchev–Trinajstić information content (AvgIpc) is 3.36. The highest BCUT2D eigenvalue weighted by Crippen LogP contribution is 2.39. The van der Waals surface area contributed by atoms with E-state index in [1.165, 1.54) is 47.8 Å². The zero-order chi connectivity index (χ0) is 26.9. The largest absolute Gasteiger partial charge is 0.493 e. The molecule has 0 spiro atoms. The van der Waals surface area contributed by atoms with E-state index in [0.717, 1.165) is 46.2 Å². The van der Waals surface area contributed by atoms with Gasteiger partial charge in [-0.2, -0.15) is 0 Å². The molecule has 1 atom stereocenters. The summed E-state index contributed by atoms with van der Waals surface area (Å²) in [5.74, 6) is 0.986. The predicted molar refractivity (Wildman–Crippen MR) is 154 cm³/mol. The van der Waals surface area contributed by atoms with E-state index in [0.29, 0.717) is 30.3 Å². The van der Waals surface area contributed by atoms with Crippen molar-refractivity contribution in [2.24, 2.45) is 4.99 Å². The van der Waals surface area contributed by atoms with Crippen molar-refractivity contribution in [1.29, 1.82) is 0 Å². The van der Waals surface area contributed by atoms with Gasteiger partial charge in [0.2, 0.25) is 0 Å². The van der Waals surface area contributed by atoms with Crippen molar-refractivity contribution in [3.8, 4) is 11.5 Å². The summed E-state index contributed by atoms with van der Waals surface area (Å²) in [4.78, 5) is 24.8. The molecule has 0 aliphatic carbocycles. The van der Waals surface area contributed by atoms with Crippen LogP contribution in [0.3, 0.4) is 0 Å². The van der Waals surface area contributed by atoms with Gasteiger partial charge >= 0.3 is 6.03 Å². The third-order valence-corrected chi connectivity index (χ3v) is 8.28. The van der Waals surface area contributed by atoms with E-state index in [1.807, 2.05) is 18.2 Å². The number of carbonyl (C=O) groups excluding carboxylic acids is 1. The fourth-order valence-electron chi connectivity index (χ4n) is 3.93. The molecule has 0 saturated carbocycles. The molecule has 3 aromatic rings. The summed E-state index contributed by atoms with van der Waals surface area (Å²) < 4.78 is 25.6. The standard InChI is InChI=1S/C27H32FN5O3S2/c1-4-33(5-2)13-6-14-36-23-16-21-20(15-22(23)35-3)24(11-12-29-21)37-27-30-17-25(38-27)32-26(34)31-19-9-7-18(28)8-10-19/h7-12,15-16,25H,4-6,13-14,17H2,1-3H3,(H2,31,32,34). The van der Waals surface area contributed by atoms with E-state index in [1.54, 1.807) is 13.3 Å². The molecular formula is C27H32FN5O3S2. The smallest absolute Gasteiger partial charge is 0.320 e. The second kappa shape index (κ2) is 13.7. The number of halogens is 1. The van der Waals surface area contributed by atoms with Crippen molar-refractivity contribution < 1.29 is 18.7 Å². The van der Waals surface area contributed by atoms with E-state index in [9.17, 15) is 9.18 Å². The Morgan fingerprint density at radius 3 is 2.71 bits per heavy atom. The maximum Gasteiger partial charge on any atom is 0.320 e. The Bertz CT molecular complexity index is 1270. The maximum atomic E-state index is 13.1. The normalized spacial score (nSPS) is 15.0. The average molecular weight is 558 g/mol. The summed E-state index contributed by atoms with van der Waals surface area (Å²) in [6, 6.07) is 11.1. The monoisotopic (exact) mass is 557 g/mol. The highest BCUT2D eigenvalue weighted by Gasteiger charge is 2.23. The lowest BCUT2D eigenvalue weighted by atomic mass is 10.2. The first-order valence-corrected chi connectivity index (χ1v) is 14.2. The molecule has 2 heterocycles. The molecule has 0 radical (unpaired) electrons. The molecule has 11 heteroatoms. The minimum Gasteiger partial charge on any atom is -0.493 e. The van der Waals surface area contributed by atoms with E-state index in [2.05, 4.69) is 39.4 Å². The number of aliphatic imine (C=N–C) groups is 1. The number of hydrogen-bond donors (Lipinski definition) is 2. The molecule has 4 rings (SSSR count). The topological polar surface area (TPSA) is 88.1 Å².